The quantitative estimate of drug-likeness (QED) is 0.840. The Kier molecular flexibility index (Phi) is 4.53. The van der Waals surface area contributed by atoms with Gasteiger partial charge in [-0.3, -0.25) is 0 Å². The van der Waals surface area contributed by atoms with Gasteiger partial charge in [0, 0.05) is 24.8 Å². The third kappa shape index (κ3) is 3.73. The van der Waals surface area contributed by atoms with Gasteiger partial charge in [-0.25, -0.2) is 4.98 Å². The van der Waals surface area contributed by atoms with Crippen LogP contribution >= 0.6 is 12.2 Å². The highest BCUT2D eigenvalue weighted by Gasteiger charge is 2.15. The van der Waals surface area contributed by atoms with Crippen molar-refractivity contribution in [3.8, 4) is 0 Å². The second-order valence-corrected chi connectivity index (χ2v) is 5.68. The molecule has 0 amide bonds. The van der Waals surface area contributed by atoms with E-state index in [-0.39, 0.29) is 0 Å². The Balaban J connectivity index is 1.62. The Morgan fingerprint density at radius 2 is 2.18 bits per heavy atom. The van der Waals surface area contributed by atoms with E-state index in [2.05, 4.69) is 25.5 Å². The summed E-state index contributed by atoms with van der Waals surface area (Å²) >= 11 is 5.27. The lowest BCUT2D eigenvalue weighted by molar-refractivity contribution is 0.503. The molecule has 116 valence electrons. The van der Waals surface area contributed by atoms with E-state index in [1.165, 1.54) is 12.8 Å². The Labute approximate surface area is 134 Å². The molecule has 0 aromatic carbocycles. The van der Waals surface area contributed by atoms with Gasteiger partial charge in [0.25, 0.3) is 0 Å². The van der Waals surface area contributed by atoms with Gasteiger partial charge in [-0.05, 0) is 44.1 Å². The summed E-state index contributed by atoms with van der Waals surface area (Å²) in [5.41, 5.74) is 0.924. The molecule has 1 aliphatic rings. The van der Waals surface area contributed by atoms with Crippen LogP contribution in [-0.2, 0) is 6.54 Å². The molecule has 0 saturated carbocycles. The Hall–Kier alpha value is -2.15. The van der Waals surface area contributed by atoms with Crippen LogP contribution in [0.4, 0.5) is 11.8 Å². The van der Waals surface area contributed by atoms with Crippen molar-refractivity contribution in [1.82, 2.24) is 15.3 Å². The third-order valence-corrected chi connectivity index (χ3v) is 3.75. The lowest BCUT2D eigenvalue weighted by Crippen LogP contribution is -2.29. The SMILES string of the molecule is Cc1cc(N2CCCC2)nc(NC(=S)NCc2ccco2)n1. The van der Waals surface area contributed by atoms with Gasteiger partial charge in [0.1, 0.15) is 11.6 Å². The third-order valence-electron chi connectivity index (χ3n) is 3.50. The standard InChI is InChI=1S/C15H19N5OS/c1-11-9-13(20-6-2-3-7-20)18-14(17-11)19-15(22)16-10-12-5-4-8-21-12/h4-5,8-9H,2-3,6-7,10H2,1H3,(H2,16,17,18,19,22). The second-order valence-electron chi connectivity index (χ2n) is 5.27. The zero-order chi connectivity index (χ0) is 15.4. The van der Waals surface area contributed by atoms with Crippen LogP contribution in [0.3, 0.4) is 0 Å². The molecule has 2 aromatic rings. The number of hydrogen-bond donors (Lipinski definition) is 2. The van der Waals surface area contributed by atoms with Crippen LogP contribution in [-0.4, -0.2) is 28.2 Å². The predicted molar refractivity (Wildman–Crippen MR) is 90.0 cm³/mol. The number of anilines is 2. The van der Waals surface area contributed by atoms with Crippen LogP contribution in [0.2, 0.25) is 0 Å². The number of furan rings is 1. The van der Waals surface area contributed by atoms with Crippen LogP contribution in [0, 0.1) is 6.92 Å². The fraction of sp³-hybridized carbons (Fsp3) is 0.400. The number of nitrogens with zero attached hydrogens (tertiary/aromatic N) is 3. The highest BCUT2D eigenvalue weighted by atomic mass is 32.1. The van der Waals surface area contributed by atoms with E-state index >= 15 is 0 Å². The van der Waals surface area contributed by atoms with E-state index in [0.29, 0.717) is 17.6 Å². The van der Waals surface area contributed by atoms with Gasteiger partial charge in [0.2, 0.25) is 5.95 Å². The number of nitrogens with one attached hydrogen (secondary N) is 2. The normalized spacial score (nSPS) is 14.1. The summed E-state index contributed by atoms with van der Waals surface area (Å²) in [6, 6.07) is 5.75. The summed E-state index contributed by atoms with van der Waals surface area (Å²) in [6.07, 6.45) is 4.07. The fourth-order valence-corrected chi connectivity index (χ4v) is 2.61. The summed E-state index contributed by atoms with van der Waals surface area (Å²) in [5.74, 6) is 2.31. The van der Waals surface area contributed by atoms with E-state index in [9.17, 15) is 0 Å². The maximum absolute atomic E-state index is 5.27. The van der Waals surface area contributed by atoms with Crippen LogP contribution < -0.4 is 15.5 Å². The molecule has 1 saturated heterocycles. The molecule has 0 spiro atoms. The first-order valence-corrected chi connectivity index (χ1v) is 7.79. The van der Waals surface area contributed by atoms with Crippen molar-refractivity contribution >= 4 is 29.1 Å². The average Bonchev–Trinajstić information content (AvgIpc) is 3.18. The molecule has 22 heavy (non-hydrogen) atoms. The van der Waals surface area contributed by atoms with Crippen molar-refractivity contribution in [3.05, 3.63) is 35.9 Å². The predicted octanol–water partition coefficient (Wildman–Crippen LogP) is 2.46. The Morgan fingerprint density at radius 1 is 1.36 bits per heavy atom. The molecule has 0 radical (unpaired) electrons. The van der Waals surface area contributed by atoms with Crippen molar-refractivity contribution in [2.75, 3.05) is 23.3 Å². The van der Waals surface area contributed by atoms with Gasteiger partial charge in [0.05, 0.1) is 12.8 Å². The minimum absolute atomic E-state index is 0.481. The van der Waals surface area contributed by atoms with Crippen LogP contribution in [0.15, 0.2) is 28.9 Å². The summed E-state index contributed by atoms with van der Waals surface area (Å²) in [4.78, 5) is 11.2. The molecule has 3 heterocycles. The maximum Gasteiger partial charge on any atom is 0.231 e. The summed E-state index contributed by atoms with van der Waals surface area (Å²) < 4.78 is 5.25. The molecule has 2 N–H and O–H groups in total. The van der Waals surface area contributed by atoms with E-state index in [4.69, 9.17) is 16.6 Å². The smallest absolute Gasteiger partial charge is 0.231 e. The van der Waals surface area contributed by atoms with Crippen LogP contribution in [0.1, 0.15) is 24.3 Å². The fourth-order valence-electron chi connectivity index (χ4n) is 2.44. The summed E-state index contributed by atoms with van der Waals surface area (Å²) in [7, 11) is 0. The monoisotopic (exact) mass is 317 g/mol. The van der Waals surface area contributed by atoms with E-state index < -0.39 is 0 Å². The van der Waals surface area contributed by atoms with Gasteiger partial charge in [-0.1, -0.05) is 0 Å². The minimum Gasteiger partial charge on any atom is -0.467 e. The van der Waals surface area contributed by atoms with E-state index in [1.54, 1.807) is 6.26 Å². The molecule has 7 heteroatoms. The highest BCUT2D eigenvalue weighted by molar-refractivity contribution is 7.80. The summed E-state index contributed by atoms with van der Waals surface area (Å²) in [5, 5.41) is 6.59. The maximum atomic E-state index is 5.27. The second kappa shape index (κ2) is 6.74. The number of rotatable bonds is 4. The largest absolute Gasteiger partial charge is 0.467 e. The van der Waals surface area contributed by atoms with Crippen LogP contribution in [0.5, 0.6) is 0 Å². The molecular weight excluding hydrogens is 298 g/mol. The molecular formula is C15H19N5OS. The molecule has 0 unspecified atom stereocenters. The first-order valence-electron chi connectivity index (χ1n) is 7.38. The summed E-state index contributed by atoms with van der Waals surface area (Å²) in [6.45, 7) is 4.60. The topological polar surface area (TPSA) is 66.2 Å². The van der Waals surface area contributed by atoms with Gasteiger partial charge in [-0.2, -0.15) is 4.98 Å². The molecule has 0 bridgehead atoms. The molecule has 3 rings (SSSR count). The number of hydrogen-bond acceptors (Lipinski definition) is 5. The van der Waals surface area contributed by atoms with Gasteiger partial charge >= 0.3 is 0 Å². The minimum atomic E-state index is 0.481. The molecule has 0 atom stereocenters. The van der Waals surface area contributed by atoms with Crippen molar-refractivity contribution in [2.24, 2.45) is 0 Å². The number of aryl methyl sites for hydroxylation is 1. The van der Waals surface area contributed by atoms with Crippen molar-refractivity contribution in [3.63, 3.8) is 0 Å². The molecule has 2 aromatic heterocycles. The highest BCUT2D eigenvalue weighted by Crippen LogP contribution is 2.19. The van der Waals surface area contributed by atoms with E-state index in [1.807, 2.05) is 25.1 Å². The van der Waals surface area contributed by atoms with Crippen molar-refractivity contribution < 1.29 is 4.42 Å². The van der Waals surface area contributed by atoms with Gasteiger partial charge in [0.15, 0.2) is 5.11 Å². The Morgan fingerprint density at radius 3 is 2.91 bits per heavy atom. The molecule has 0 aliphatic carbocycles. The van der Waals surface area contributed by atoms with Crippen LogP contribution in [0.25, 0.3) is 0 Å². The first kappa shape index (κ1) is 14.8. The molecule has 1 aliphatic heterocycles. The van der Waals surface area contributed by atoms with Crippen molar-refractivity contribution in [1.29, 1.82) is 0 Å². The van der Waals surface area contributed by atoms with Crippen molar-refractivity contribution in [2.45, 2.75) is 26.3 Å². The number of thiocarbonyl (C=S) groups is 1. The zero-order valence-corrected chi connectivity index (χ0v) is 13.3. The average molecular weight is 317 g/mol. The van der Waals surface area contributed by atoms with Gasteiger partial charge < -0.3 is 20.0 Å². The zero-order valence-electron chi connectivity index (χ0n) is 12.5. The number of aromatic nitrogens is 2. The lowest BCUT2D eigenvalue weighted by Gasteiger charge is -2.18. The first-order chi connectivity index (χ1) is 10.7. The molecule has 1 fully saturated rings. The van der Waals surface area contributed by atoms with E-state index in [0.717, 1.165) is 30.4 Å². The molecule has 6 nitrogen and oxygen atoms in total. The van der Waals surface area contributed by atoms with Gasteiger partial charge in [-0.15, -0.1) is 0 Å². The Bertz CT molecular complexity index is 637. The lowest BCUT2D eigenvalue weighted by atomic mass is 10.4.